The van der Waals surface area contributed by atoms with E-state index in [0.29, 0.717) is 0 Å². The van der Waals surface area contributed by atoms with Crippen LogP contribution in [0.2, 0.25) is 0 Å². The summed E-state index contributed by atoms with van der Waals surface area (Å²) in [6, 6.07) is 8.08. The highest BCUT2D eigenvalue weighted by atomic mass is 32.1. The van der Waals surface area contributed by atoms with Gasteiger partial charge in [0.15, 0.2) is 0 Å². The standard InChI is InChI=1S/C13H16N2OS/c1-14-8-7-13-15-9-12(17-13)10-3-5-11(16-2)6-4-10/h3-6,9,14H,7-8H2,1-2H3. The van der Waals surface area contributed by atoms with Gasteiger partial charge >= 0.3 is 0 Å². The number of methoxy groups -OCH3 is 1. The zero-order valence-corrected chi connectivity index (χ0v) is 10.9. The van der Waals surface area contributed by atoms with Crippen molar-refractivity contribution in [2.75, 3.05) is 20.7 Å². The van der Waals surface area contributed by atoms with Crippen molar-refractivity contribution in [3.63, 3.8) is 0 Å². The average molecular weight is 248 g/mol. The summed E-state index contributed by atoms with van der Waals surface area (Å²) in [5, 5.41) is 4.30. The van der Waals surface area contributed by atoms with Crippen LogP contribution in [0, 0.1) is 0 Å². The lowest BCUT2D eigenvalue weighted by molar-refractivity contribution is 0.415. The SMILES string of the molecule is CNCCc1ncc(-c2ccc(OC)cc2)s1. The van der Waals surface area contributed by atoms with Crippen molar-refractivity contribution >= 4 is 11.3 Å². The Kier molecular flexibility index (Phi) is 4.12. The van der Waals surface area contributed by atoms with E-state index < -0.39 is 0 Å². The topological polar surface area (TPSA) is 34.2 Å². The minimum absolute atomic E-state index is 0.883. The summed E-state index contributed by atoms with van der Waals surface area (Å²) < 4.78 is 5.14. The minimum atomic E-state index is 0.883. The minimum Gasteiger partial charge on any atom is -0.497 e. The van der Waals surface area contributed by atoms with Crippen LogP contribution in [0.3, 0.4) is 0 Å². The van der Waals surface area contributed by atoms with Gasteiger partial charge in [-0.3, -0.25) is 0 Å². The molecule has 4 heteroatoms. The summed E-state index contributed by atoms with van der Waals surface area (Å²) in [4.78, 5) is 5.63. The summed E-state index contributed by atoms with van der Waals surface area (Å²) in [6.45, 7) is 0.968. The number of nitrogens with one attached hydrogen (secondary N) is 1. The van der Waals surface area contributed by atoms with E-state index in [9.17, 15) is 0 Å². The first-order valence-corrected chi connectivity index (χ1v) is 6.39. The molecule has 1 N–H and O–H groups in total. The second-order valence-corrected chi connectivity index (χ2v) is 4.82. The molecular formula is C13H16N2OS. The lowest BCUT2D eigenvalue weighted by Crippen LogP contribution is -2.09. The van der Waals surface area contributed by atoms with Gasteiger partial charge in [0.25, 0.3) is 0 Å². The summed E-state index contributed by atoms with van der Waals surface area (Å²) in [5.41, 5.74) is 1.19. The summed E-state index contributed by atoms with van der Waals surface area (Å²) in [7, 11) is 3.63. The van der Waals surface area contributed by atoms with Crippen molar-refractivity contribution in [1.29, 1.82) is 0 Å². The summed E-state index contributed by atoms with van der Waals surface area (Å²) >= 11 is 1.75. The highest BCUT2D eigenvalue weighted by Gasteiger charge is 2.04. The molecule has 0 bridgehead atoms. The summed E-state index contributed by atoms with van der Waals surface area (Å²) in [6.07, 6.45) is 2.93. The maximum absolute atomic E-state index is 5.14. The normalized spacial score (nSPS) is 10.5. The predicted octanol–water partition coefficient (Wildman–Crippen LogP) is 2.58. The van der Waals surface area contributed by atoms with Crippen LogP contribution >= 0.6 is 11.3 Å². The van der Waals surface area contributed by atoms with Gasteiger partial charge in [-0.25, -0.2) is 4.98 Å². The van der Waals surface area contributed by atoms with Crippen LogP contribution < -0.4 is 10.1 Å². The lowest BCUT2D eigenvalue weighted by atomic mass is 10.2. The Bertz CT molecular complexity index is 465. The smallest absolute Gasteiger partial charge is 0.118 e. The van der Waals surface area contributed by atoms with E-state index in [1.807, 2.05) is 25.4 Å². The van der Waals surface area contributed by atoms with Gasteiger partial charge in [-0.15, -0.1) is 11.3 Å². The largest absolute Gasteiger partial charge is 0.497 e. The molecule has 2 aromatic rings. The molecule has 2 rings (SSSR count). The maximum atomic E-state index is 5.14. The zero-order chi connectivity index (χ0) is 12.1. The third-order valence-electron chi connectivity index (χ3n) is 2.52. The van der Waals surface area contributed by atoms with Crippen molar-refractivity contribution in [3.8, 4) is 16.2 Å². The third-order valence-corrected chi connectivity index (χ3v) is 3.62. The molecule has 0 fully saturated rings. The van der Waals surface area contributed by atoms with E-state index in [2.05, 4.69) is 22.4 Å². The number of likely N-dealkylation sites (N-methyl/N-ethyl adjacent to an activating group) is 1. The Balaban J connectivity index is 2.12. The lowest BCUT2D eigenvalue weighted by Gasteiger charge is -2.00. The molecule has 0 saturated carbocycles. The number of benzene rings is 1. The molecule has 90 valence electrons. The molecule has 0 radical (unpaired) electrons. The molecule has 0 aliphatic rings. The van der Waals surface area contributed by atoms with E-state index in [0.717, 1.165) is 18.7 Å². The monoisotopic (exact) mass is 248 g/mol. The number of aromatic nitrogens is 1. The fourth-order valence-corrected chi connectivity index (χ4v) is 2.47. The first-order valence-electron chi connectivity index (χ1n) is 5.57. The number of nitrogens with zero attached hydrogens (tertiary/aromatic N) is 1. The van der Waals surface area contributed by atoms with Crippen molar-refractivity contribution in [3.05, 3.63) is 35.5 Å². The molecule has 17 heavy (non-hydrogen) atoms. The highest BCUT2D eigenvalue weighted by Crippen LogP contribution is 2.27. The number of hydrogen-bond acceptors (Lipinski definition) is 4. The van der Waals surface area contributed by atoms with E-state index in [-0.39, 0.29) is 0 Å². The van der Waals surface area contributed by atoms with Gasteiger partial charge in [0.1, 0.15) is 5.75 Å². The Morgan fingerprint density at radius 3 is 2.71 bits per heavy atom. The number of ether oxygens (including phenoxy) is 1. The van der Waals surface area contributed by atoms with Crippen LogP contribution in [0.15, 0.2) is 30.5 Å². The maximum Gasteiger partial charge on any atom is 0.118 e. The molecule has 0 aliphatic carbocycles. The van der Waals surface area contributed by atoms with Crippen LogP contribution in [0.1, 0.15) is 5.01 Å². The molecule has 0 aliphatic heterocycles. The Morgan fingerprint density at radius 2 is 2.06 bits per heavy atom. The zero-order valence-electron chi connectivity index (χ0n) is 10.1. The predicted molar refractivity (Wildman–Crippen MR) is 71.7 cm³/mol. The van der Waals surface area contributed by atoms with Gasteiger partial charge in [-0.1, -0.05) is 0 Å². The average Bonchev–Trinajstić information content (AvgIpc) is 2.85. The molecule has 1 heterocycles. The van der Waals surface area contributed by atoms with Gasteiger partial charge in [0.2, 0.25) is 0 Å². The van der Waals surface area contributed by atoms with Crippen LogP contribution in [0.25, 0.3) is 10.4 Å². The van der Waals surface area contributed by atoms with E-state index >= 15 is 0 Å². The molecule has 0 atom stereocenters. The molecule has 1 aromatic carbocycles. The van der Waals surface area contributed by atoms with E-state index in [4.69, 9.17) is 4.74 Å². The first-order chi connectivity index (χ1) is 8.33. The quantitative estimate of drug-likeness (QED) is 0.883. The van der Waals surface area contributed by atoms with Gasteiger partial charge < -0.3 is 10.1 Å². The molecule has 0 spiro atoms. The molecule has 3 nitrogen and oxygen atoms in total. The van der Waals surface area contributed by atoms with Crippen LogP contribution in [0.4, 0.5) is 0 Å². The Hall–Kier alpha value is -1.39. The van der Waals surface area contributed by atoms with Crippen molar-refractivity contribution in [1.82, 2.24) is 10.3 Å². The number of hydrogen-bond donors (Lipinski definition) is 1. The van der Waals surface area contributed by atoms with Crippen LogP contribution in [0.5, 0.6) is 5.75 Å². The number of rotatable bonds is 5. The van der Waals surface area contributed by atoms with Crippen LogP contribution in [-0.2, 0) is 6.42 Å². The van der Waals surface area contributed by atoms with Gasteiger partial charge in [-0.2, -0.15) is 0 Å². The third kappa shape index (κ3) is 3.05. The van der Waals surface area contributed by atoms with Gasteiger partial charge in [-0.05, 0) is 36.9 Å². The molecule has 0 amide bonds. The molecule has 0 unspecified atom stereocenters. The number of thiazole rings is 1. The fraction of sp³-hybridized carbons (Fsp3) is 0.308. The van der Waals surface area contributed by atoms with Crippen LogP contribution in [-0.4, -0.2) is 25.7 Å². The Labute approximate surface area is 105 Å². The van der Waals surface area contributed by atoms with Crippen molar-refractivity contribution in [2.24, 2.45) is 0 Å². The van der Waals surface area contributed by atoms with Gasteiger partial charge in [0, 0.05) is 19.2 Å². The second-order valence-electron chi connectivity index (χ2n) is 3.70. The fourth-order valence-electron chi connectivity index (χ4n) is 1.55. The molecule has 0 saturated heterocycles. The molecule has 1 aromatic heterocycles. The van der Waals surface area contributed by atoms with E-state index in [1.54, 1.807) is 18.4 Å². The Morgan fingerprint density at radius 1 is 1.29 bits per heavy atom. The molecular weight excluding hydrogens is 232 g/mol. The van der Waals surface area contributed by atoms with Crippen molar-refractivity contribution < 1.29 is 4.74 Å². The van der Waals surface area contributed by atoms with E-state index in [1.165, 1.54) is 15.4 Å². The first kappa shape index (κ1) is 12.1. The summed E-state index contributed by atoms with van der Waals surface area (Å²) in [5.74, 6) is 0.883. The van der Waals surface area contributed by atoms with Crippen molar-refractivity contribution in [2.45, 2.75) is 6.42 Å². The second kappa shape index (κ2) is 5.80. The highest BCUT2D eigenvalue weighted by molar-refractivity contribution is 7.15. The van der Waals surface area contributed by atoms with Gasteiger partial charge in [0.05, 0.1) is 17.0 Å².